The Morgan fingerprint density at radius 3 is 2.25 bits per heavy atom. The fourth-order valence-electron chi connectivity index (χ4n) is 1.96. The Labute approximate surface area is 118 Å². The predicted molar refractivity (Wildman–Crippen MR) is 75.2 cm³/mol. The Bertz CT molecular complexity index is 516. The molecule has 2 rings (SSSR count). The maximum atomic E-state index is 5.40. The highest BCUT2D eigenvalue weighted by molar-refractivity contribution is 5.50. The summed E-state index contributed by atoms with van der Waals surface area (Å²) in [5.74, 6) is 2.17. The molecule has 0 atom stereocenters. The largest absolute Gasteiger partial charge is 0.496 e. The first-order valence-corrected chi connectivity index (χ1v) is 6.26. The molecule has 0 spiro atoms. The van der Waals surface area contributed by atoms with Gasteiger partial charge < -0.3 is 19.5 Å². The van der Waals surface area contributed by atoms with Crippen molar-refractivity contribution in [2.75, 3.05) is 21.3 Å². The van der Waals surface area contributed by atoms with Gasteiger partial charge in [0.05, 0.1) is 26.9 Å². The molecule has 0 bridgehead atoms. The maximum Gasteiger partial charge on any atom is 0.130 e. The molecule has 0 aliphatic carbocycles. The van der Waals surface area contributed by atoms with Crippen molar-refractivity contribution < 1.29 is 14.2 Å². The first-order chi connectivity index (χ1) is 9.78. The van der Waals surface area contributed by atoms with Gasteiger partial charge in [-0.2, -0.15) is 5.10 Å². The minimum Gasteiger partial charge on any atom is -0.496 e. The van der Waals surface area contributed by atoms with Gasteiger partial charge in [0.15, 0.2) is 0 Å². The molecule has 0 fully saturated rings. The lowest BCUT2D eigenvalue weighted by Crippen LogP contribution is -2.14. The van der Waals surface area contributed by atoms with E-state index in [1.807, 2.05) is 18.2 Å². The van der Waals surface area contributed by atoms with Crippen LogP contribution >= 0.6 is 0 Å². The average Bonchev–Trinajstić information content (AvgIpc) is 3.00. The number of ether oxygens (including phenoxy) is 3. The molecule has 6 heteroatoms. The monoisotopic (exact) mass is 277 g/mol. The molecule has 0 amide bonds. The molecule has 1 heterocycles. The van der Waals surface area contributed by atoms with Gasteiger partial charge in [0.2, 0.25) is 0 Å². The van der Waals surface area contributed by atoms with Gasteiger partial charge in [0, 0.05) is 37.1 Å². The number of aromatic nitrogens is 2. The zero-order valence-corrected chi connectivity index (χ0v) is 11.9. The van der Waals surface area contributed by atoms with E-state index in [1.54, 1.807) is 27.5 Å². The lowest BCUT2D eigenvalue weighted by atomic mass is 10.1. The first kappa shape index (κ1) is 14.2. The molecule has 0 aliphatic rings. The summed E-state index contributed by atoms with van der Waals surface area (Å²) in [7, 11) is 4.88. The number of H-pyrrole nitrogens is 1. The van der Waals surface area contributed by atoms with Gasteiger partial charge in [-0.05, 0) is 6.07 Å². The number of methoxy groups -OCH3 is 3. The maximum absolute atomic E-state index is 5.40. The SMILES string of the molecule is COc1cc(OC)c(CNCc2ccn[nH]2)c(OC)c1. The van der Waals surface area contributed by atoms with Gasteiger partial charge in [-0.1, -0.05) is 0 Å². The summed E-state index contributed by atoms with van der Waals surface area (Å²) < 4.78 is 16.0. The van der Waals surface area contributed by atoms with E-state index in [1.165, 1.54) is 0 Å². The summed E-state index contributed by atoms with van der Waals surface area (Å²) in [6.45, 7) is 1.31. The molecule has 20 heavy (non-hydrogen) atoms. The third-order valence-electron chi connectivity index (χ3n) is 2.99. The number of nitrogens with one attached hydrogen (secondary N) is 2. The molecule has 0 saturated carbocycles. The minimum absolute atomic E-state index is 0.620. The second-order valence-electron chi connectivity index (χ2n) is 4.20. The van der Waals surface area contributed by atoms with Crippen LogP contribution in [0.3, 0.4) is 0 Å². The lowest BCUT2D eigenvalue weighted by molar-refractivity contribution is 0.366. The Hall–Kier alpha value is -2.21. The van der Waals surface area contributed by atoms with Crippen molar-refractivity contribution >= 4 is 0 Å². The highest BCUT2D eigenvalue weighted by atomic mass is 16.5. The lowest BCUT2D eigenvalue weighted by Gasteiger charge is -2.15. The van der Waals surface area contributed by atoms with Crippen LogP contribution in [0, 0.1) is 0 Å². The molecule has 2 N–H and O–H groups in total. The van der Waals surface area contributed by atoms with Crippen LogP contribution in [0.25, 0.3) is 0 Å². The topological polar surface area (TPSA) is 68.4 Å². The fraction of sp³-hybridized carbons (Fsp3) is 0.357. The van der Waals surface area contributed by atoms with Crippen LogP contribution in [0.2, 0.25) is 0 Å². The van der Waals surface area contributed by atoms with Gasteiger partial charge >= 0.3 is 0 Å². The van der Waals surface area contributed by atoms with Crippen LogP contribution in [0.1, 0.15) is 11.3 Å². The zero-order valence-electron chi connectivity index (χ0n) is 11.9. The van der Waals surface area contributed by atoms with E-state index in [0.717, 1.165) is 22.8 Å². The average molecular weight is 277 g/mol. The van der Waals surface area contributed by atoms with E-state index in [9.17, 15) is 0 Å². The van der Waals surface area contributed by atoms with Crippen LogP contribution in [-0.4, -0.2) is 31.5 Å². The van der Waals surface area contributed by atoms with Crippen molar-refractivity contribution in [2.45, 2.75) is 13.1 Å². The van der Waals surface area contributed by atoms with Gasteiger partial charge in [0.25, 0.3) is 0 Å². The summed E-state index contributed by atoms with van der Waals surface area (Å²) in [5, 5.41) is 10.1. The summed E-state index contributed by atoms with van der Waals surface area (Å²) >= 11 is 0. The number of hydrogen-bond donors (Lipinski definition) is 2. The van der Waals surface area contributed by atoms with Crippen molar-refractivity contribution in [1.82, 2.24) is 15.5 Å². The second-order valence-corrected chi connectivity index (χ2v) is 4.20. The van der Waals surface area contributed by atoms with Crippen molar-refractivity contribution in [2.24, 2.45) is 0 Å². The molecule has 1 aromatic carbocycles. The molecule has 0 aliphatic heterocycles. The van der Waals surface area contributed by atoms with Gasteiger partial charge in [-0.25, -0.2) is 0 Å². The number of hydrogen-bond acceptors (Lipinski definition) is 5. The highest BCUT2D eigenvalue weighted by Gasteiger charge is 2.12. The molecular weight excluding hydrogens is 258 g/mol. The van der Waals surface area contributed by atoms with E-state index < -0.39 is 0 Å². The Morgan fingerprint density at radius 2 is 1.75 bits per heavy atom. The van der Waals surface area contributed by atoms with Crippen LogP contribution in [0.4, 0.5) is 0 Å². The van der Waals surface area contributed by atoms with Crippen LogP contribution in [0.15, 0.2) is 24.4 Å². The summed E-state index contributed by atoms with van der Waals surface area (Å²) in [6, 6.07) is 5.61. The number of nitrogens with zero attached hydrogens (tertiary/aromatic N) is 1. The quantitative estimate of drug-likeness (QED) is 0.806. The third-order valence-corrected chi connectivity index (χ3v) is 2.99. The van der Waals surface area contributed by atoms with Crippen LogP contribution < -0.4 is 19.5 Å². The molecule has 2 aromatic rings. The fourth-order valence-corrected chi connectivity index (χ4v) is 1.96. The summed E-state index contributed by atoms with van der Waals surface area (Å²) in [5.41, 5.74) is 1.98. The van der Waals surface area contributed by atoms with E-state index >= 15 is 0 Å². The second kappa shape index (κ2) is 6.81. The van der Waals surface area contributed by atoms with Crippen molar-refractivity contribution in [3.8, 4) is 17.2 Å². The predicted octanol–water partition coefficient (Wildman–Crippen LogP) is 1.73. The smallest absolute Gasteiger partial charge is 0.130 e. The molecule has 6 nitrogen and oxygen atoms in total. The van der Waals surface area contributed by atoms with Crippen molar-refractivity contribution in [3.63, 3.8) is 0 Å². The zero-order chi connectivity index (χ0) is 14.4. The Balaban J connectivity index is 2.12. The molecule has 1 aromatic heterocycles. The van der Waals surface area contributed by atoms with Gasteiger partial charge in [0.1, 0.15) is 17.2 Å². The van der Waals surface area contributed by atoms with E-state index in [2.05, 4.69) is 15.5 Å². The molecule has 0 radical (unpaired) electrons. The van der Waals surface area contributed by atoms with Crippen LogP contribution in [-0.2, 0) is 13.1 Å². The van der Waals surface area contributed by atoms with E-state index in [-0.39, 0.29) is 0 Å². The molecule has 0 unspecified atom stereocenters. The number of rotatable bonds is 7. The Morgan fingerprint density at radius 1 is 1.05 bits per heavy atom. The van der Waals surface area contributed by atoms with Gasteiger partial charge in [-0.3, -0.25) is 5.10 Å². The third kappa shape index (κ3) is 3.21. The van der Waals surface area contributed by atoms with Gasteiger partial charge in [-0.15, -0.1) is 0 Å². The molecular formula is C14H19N3O3. The summed E-state index contributed by atoms with van der Waals surface area (Å²) in [6.07, 6.45) is 1.73. The van der Waals surface area contributed by atoms with Crippen LogP contribution in [0.5, 0.6) is 17.2 Å². The molecule has 108 valence electrons. The summed E-state index contributed by atoms with van der Waals surface area (Å²) in [4.78, 5) is 0. The number of aromatic amines is 1. The number of benzene rings is 1. The van der Waals surface area contributed by atoms with Crippen molar-refractivity contribution in [3.05, 3.63) is 35.7 Å². The normalized spacial score (nSPS) is 10.3. The van der Waals surface area contributed by atoms with E-state index in [4.69, 9.17) is 14.2 Å². The minimum atomic E-state index is 0.620. The Kier molecular flexibility index (Phi) is 4.84. The van der Waals surface area contributed by atoms with E-state index in [0.29, 0.717) is 18.8 Å². The standard InChI is InChI=1S/C14H19N3O3/c1-18-11-6-13(19-2)12(14(7-11)20-3)9-15-8-10-4-5-16-17-10/h4-7,15H,8-9H2,1-3H3,(H,16,17). The highest BCUT2D eigenvalue weighted by Crippen LogP contribution is 2.33. The molecule has 0 saturated heterocycles. The first-order valence-electron chi connectivity index (χ1n) is 6.26. The van der Waals surface area contributed by atoms with Crippen molar-refractivity contribution in [1.29, 1.82) is 0 Å².